The summed E-state index contributed by atoms with van der Waals surface area (Å²) in [5.74, 6) is -0.130. The van der Waals surface area contributed by atoms with Crippen LogP contribution in [-0.4, -0.2) is 36.9 Å². The van der Waals surface area contributed by atoms with E-state index in [1.165, 1.54) is 14.0 Å². The molecule has 2 aliphatic rings. The van der Waals surface area contributed by atoms with Gasteiger partial charge in [-0.25, -0.2) is 0 Å². The fourth-order valence-electron chi connectivity index (χ4n) is 6.12. The number of carbonyl (C=O) groups is 2. The maximum Gasteiger partial charge on any atom is 0.309 e. The zero-order valence-corrected chi connectivity index (χ0v) is 18.4. The Bertz CT molecular complexity index is 612. The largest absolute Gasteiger partial charge is 0.469 e. The number of aliphatic hydroxyl groups is 1. The number of aliphatic hydroxyl groups excluding tert-OH is 1. The lowest BCUT2D eigenvalue weighted by atomic mass is 9.43. The van der Waals surface area contributed by atoms with E-state index in [0.29, 0.717) is 5.92 Å². The normalized spacial score (nSPS) is 38.5. The second-order valence-electron chi connectivity index (χ2n) is 9.27. The molecular formula is C23H38O5. The van der Waals surface area contributed by atoms with Crippen LogP contribution < -0.4 is 0 Å². The third kappa shape index (κ3) is 4.00. The molecule has 0 heterocycles. The number of ether oxygens (including phenoxy) is 2. The van der Waals surface area contributed by atoms with Crippen molar-refractivity contribution in [2.45, 2.75) is 79.2 Å². The van der Waals surface area contributed by atoms with Crippen LogP contribution in [0.25, 0.3) is 0 Å². The summed E-state index contributed by atoms with van der Waals surface area (Å²) in [5, 5.41) is 9.59. The van der Waals surface area contributed by atoms with E-state index in [0.717, 1.165) is 44.1 Å². The van der Waals surface area contributed by atoms with Crippen LogP contribution in [0.15, 0.2) is 11.6 Å². The molecule has 28 heavy (non-hydrogen) atoms. The predicted octanol–water partition coefficient (Wildman–Crippen LogP) is 4.28. The number of esters is 2. The molecule has 0 amide bonds. The molecule has 0 aromatic rings. The molecule has 1 N–H and O–H groups in total. The summed E-state index contributed by atoms with van der Waals surface area (Å²) in [5.41, 5.74) is 0.618. The second-order valence-corrected chi connectivity index (χ2v) is 9.27. The van der Waals surface area contributed by atoms with E-state index in [-0.39, 0.29) is 41.9 Å². The molecule has 0 radical (unpaired) electrons. The van der Waals surface area contributed by atoms with E-state index in [2.05, 4.69) is 20.8 Å². The van der Waals surface area contributed by atoms with Crippen LogP contribution in [0.5, 0.6) is 0 Å². The maximum atomic E-state index is 12.7. The molecule has 0 aliphatic heterocycles. The second kappa shape index (κ2) is 8.98. The Labute approximate surface area is 169 Å². The summed E-state index contributed by atoms with van der Waals surface area (Å²) >= 11 is 0. The summed E-state index contributed by atoms with van der Waals surface area (Å²) in [6.07, 6.45) is 7.05. The van der Waals surface area contributed by atoms with Gasteiger partial charge in [0, 0.05) is 12.3 Å². The molecule has 0 aromatic heterocycles. The van der Waals surface area contributed by atoms with Crippen molar-refractivity contribution in [1.82, 2.24) is 0 Å². The summed E-state index contributed by atoms with van der Waals surface area (Å²) in [6, 6.07) is 0. The van der Waals surface area contributed by atoms with Gasteiger partial charge in [0.1, 0.15) is 6.10 Å². The zero-order chi connectivity index (χ0) is 21.1. The Morgan fingerprint density at radius 2 is 1.93 bits per heavy atom. The van der Waals surface area contributed by atoms with E-state index < -0.39 is 5.41 Å². The van der Waals surface area contributed by atoms with Crippen LogP contribution in [0.3, 0.4) is 0 Å². The minimum absolute atomic E-state index is 0.00151. The van der Waals surface area contributed by atoms with Gasteiger partial charge in [-0.05, 0) is 61.9 Å². The molecule has 0 bridgehead atoms. The molecule has 160 valence electrons. The summed E-state index contributed by atoms with van der Waals surface area (Å²) in [4.78, 5) is 24.6. The average molecular weight is 395 g/mol. The van der Waals surface area contributed by atoms with Crippen LogP contribution in [0.4, 0.5) is 0 Å². The van der Waals surface area contributed by atoms with E-state index in [9.17, 15) is 14.7 Å². The van der Waals surface area contributed by atoms with Crippen LogP contribution in [0.2, 0.25) is 0 Å². The molecule has 2 aliphatic carbocycles. The first kappa shape index (κ1) is 22.9. The summed E-state index contributed by atoms with van der Waals surface area (Å²) < 4.78 is 11.0. The van der Waals surface area contributed by atoms with Gasteiger partial charge < -0.3 is 14.6 Å². The first-order chi connectivity index (χ1) is 13.1. The minimum atomic E-state index is -0.437. The van der Waals surface area contributed by atoms with Gasteiger partial charge in [-0.1, -0.05) is 33.3 Å². The van der Waals surface area contributed by atoms with Crippen molar-refractivity contribution >= 4 is 11.9 Å². The molecule has 0 aromatic carbocycles. The Morgan fingerprint density at radius 3 is 2.46 bits per heavy atom. The molecule has 0 spiro atoms. The molecule has 2 fully saturated rings. The zero-order valence-electron chi connectivity index (χ0n) is 18.4. The van der Waals surface area contributed by atoms with Crippen molar-refractivity contribution in [1.29, 1.82) is 0 Å². The number of methoxy groups -OCH3 is 1. The first-order valence-electron chi connectivity index (χ1n) is 10.6. The maximum absolute atomic E-state index is 12.7. The summed E-state index contributed by atoms with van der Waals surface area (Å²) in [6.45, 7) is 10.2. The topological polar surface area (TPSA) is 72.8 Å². The molecular weight excluding hydrogens is 356 g/mol. The minimum Gasteiger partial charge on any atom is -0.469 e. The highest BCUT2D eigenvalue weighted by Gasteiger charge is 2.63. The van der Waals surface area contributed by atoms with Gasteiger partial charge >= 0.3 is 11.9 Å². The van der Waals surface area contributed by atoms with Crippen LogP contribution in [0.1, 0.15) is 73.1 Å². The molecule has 5 heteroatoms. The lowest BCUT2D eigenvalue weighted by Crippen LogP contribution is -2.61. The predicted molar refractivity (Wildman–Crippen MR) is 108 cm³/mol. The lowest BCUT2D eigenvalue weighted by Gasteiger charge is -2.62. The van der Waals surface area contributed by atoms with Crippen molar-refractivity contribution in [2.75, 3.05) is 13.7 Å². The van der Waals surface area contributed by atoms with Gasteiger partial charge in [0.25, 0.3) is 0 Å². The smallest absolute Gasteiger partial charge is 0.309 e. The Balaban J connectivity index is 2.46. The number of allylic oxidation sites excluding steroid dienone is 1. The van der Waals surface area contributed by atoms with E-state index >= 15 is 0 Å². The summed E-state index contributed by atoms with van der Waals surface area (Å²) in [7, 11) is 1.44. The number of carbonyl (C=O) groups excluding carboxylic acids is 2. The van der Waals surface area contributed by atoms with E-state index in [1.807, 2.05) is 13.0 Å². The van der Waals surface area contributed by atoms with Crippen molar-refractivity contribution in [2.24, 2.45) is 28.6 Å². The number of hydrogen-bond acceptors (Lipinski definition) is 5. The third-order valence-electron chi connectivity index (χ3n) is 8.06. The Hall–Kier alpha value is -1.36. The molecule has 5 nitrogen and oxygen atoms in total. The van der Waals surface area contributed by atoms with Crippen molar-refractivity contribution in [3.8, 4) is 0 Å². The van der Waals surface area contributed by atoms with Crippen molar-refractivity contribution in [3.05, 3.63) is 11.6 Å². The van der Waals surface area contributed by atoms with Gasteiger partial charge in [-0.15, -0.1) is 0 Å². The van der Waals surface area contributed by atoms with Gasteiger partial charge in [0.2, 0.25) is 0 Å². The van der Waals surface area contributed by atoms with Gasteiger partial charge in [-0.2, -0.15) is 0 Å². The van der Waals surface area contributed by atoms with E-state index in [1.54, 1.807) is 0 Å². The van der Waals surface area contributed by atoms with Gasteiger partial charge in [-0.3, -0.25) is 9.59 Å². The Morgan fingerprint density at radius 1 is 1.25 bits per heavy atom. The standard InChI is InChI=1S/C23H38O5/c1-7-17(14-24)11-12-22(4)15(2)13-20(28-16(3)25)23(5)18(21(26)27-6)9-8-10-19(22)23/h7,15,18-20,24H,8-14H2,1-6H3/b17-7-. The fraction of sp³-hybridized carbons (Fsp3) is 0.826. The molecule has 0 saturated heterocycles. The quantitative estimate of drug-likeness (QED) is 0.538. The molecule has 6 atom stereocenters. The van der Waals surface area contributed by atoms with Crippen molar-refractivity contribution in [3.63, 3.8) is 0 Å². The monoisotopic (exact) mass is 394 g/mol. The van der Waals surface area contributed by atoms with Gasteiger partial charge in [0.05, 0.1) is 19.6 Å². The molecule has 2 saturated carbocycles. The average Bonchev–Trinajstić information content (AvgIpc) is 2.66. The fourth-order valence-corrected chi connectivity index (χ4v) is 6.12. The van der Waals surface area contributed by atoms with Crippen LogP contribution >= 0.6 is 0 Å². The van der Waals surface area contributed by atoms with Gasteiger partial charge in [0.15, 0.2) is 0 Å². The highest BCUT2D eigenvalue weighted by atomic mass is 16.5. The van der Waals surface area contributed by atoms with Crippen molar-refractivity contribution < 1.29 is 24.2 Å². The highest BCUT2D eigenvalue weighted by Crippen LogP contribution is 2.64. The Kier molecular flexibility index (Phi) is 7.35. The SMILES string of the molecule is C/C=C(\CO)CCC1(C)C(C)CC(OC(C)=O)C2(C)C(C(=O)OC)CCCC12. The third-order valence-corrected chi connectivity index (χ3v) is 8.06. The van der Waals surface area contributed by atoms with Crippen LogP contribution in [-0.2, 0) is 19.1 Å². The van der Waals surface area contributed by atoms with Crippen LogP contribution in [0, 0.1) is 28.6 Å². The van der Waals surface area contributed by atoms with E-state index in [4.69, 9.17) is 9.47 Å². The number of fused-ring (bicyclic) bond motifs is 1. The number of rotatable bonds is 6. The first-order valence-corrected chi connectivity index (χ1v) is 10.6. The molecule has 2 rings (SSSR count). The molecule has 6 unspecified atom stereocenters. The highest BCUT2D eigenvalue weighted by molar-refractivity contribution is 5.74. The lowest BCUT2D eigenvalue weighted by molar-refractivity contribution is -0.210. The number of hydrogen-bond donors (Lipinski definition) is 1.